The fraction of sp³-hybridized carbons (Fsp3) is 1.00. The Morgan fingerprint density at radius 3 is 1.20 bits per heavy atom. The summed E-state index contributed by atoms with van der Waals surface area (Å²) in [6.45, 7) is 17.4. The molecule has 0 aromatic carbocycles. The Morgan fingerprint density at radius 2 is 1.00 bits per heavy atom. The Labute approximate surface area is 95.3 Å². The van der Waals surface area contributed by atoms with Crippen LogP contribution in [0, 0.1) is 11.8 Å². The molecule has 0 saturated carbocycles. The molecule has 0 heterocycles. The second-order valence-corrected chi connectivity index (χ2v) is 5.92. The summed E-state index contributed by atoms with van der Waals surface area (Å²) in [4.78, 5) is 0. The van der Waals surface area contributed by atoms with Crippen LogP contribution in [0.25, 0.3) is 0 Å². The van der Waals surface area contributed by atoms with E-state index in [1.165, 1.54) is 0 Å². The molecule has 0 N–H and O–H groups in total. The Balaban J connectivity index is 4.00. The molecule has 0 atom stereocenters. The molecule has 0 radical (unpaired) electrons. The number of ether oxygens (including phenoxy) is 2. The van der Waals surface area contributed by atoms with Gasteiger partial charge in [-0.3, -0.25) is 0 Å². The van der Waals surface area contributed by atoms with E-state index in [9.17, 15) is 0 Å². The van der Waals surface area contributed by atoms with Crippen LogP contribution in [0.15, 0.2) is 0 Å². The lowest BCUT2D eigenvalue weighted by Crippen LogP contribution is -2.37. The number of rotatable bonds is 6. The third-order valence-corrected chi connectivity index (χ3v) is 3.64. The Kier molecular flexibility index (Phi) is 5.28. The molecule has 2 nitrogen and oxygen atoms in total. The van der Waals surface area contributed by atoms with Crippen molar-refractivity contribution in [2.24, 2.45) is 11.8 Å². The van der Waals surface area contributed by atoms with Gasteiger partial charge in [0.15, 0.2) is 0 Å². The van der Waals surface area contributed by atoms with Crippen molar-refractivity contribution in [1.29, 1.82) is 0 Å². The Bertz CT molecular complexity index is 161. The van der Waals surface area contributed by atoms with Crippen LogP contribution in [0.1, 0.15) is 55.4 Å². The van der Waals surface area contributed by atoms with Gasteiger partial charge in [0.1, 0.15) is 6.79 Å². The maximum Gasteiger partial charge on any atom is 0.148 e. The molecule has 0 bridgehead atoms. The van der Waals surface area contributed by atoms with E-state index < -0.39 is 0 Å². The molecule has 0 aliphatic heterocycles. The standard InChI is InChI=1S/C13H28O2/c1-10(2)12(5,6)14-9-15-13(7,8)11(3)4/h10-11H,9H2,1-8H3. The van der Waals surface area contributed by atoms with Crippen molar-refractivity contribution in [3.05, 3.63) is 0 Å². The molecule has 0 unspecified atom stereocenters. The third-order valence-electron chi connectivity index (χ3n) is 3.64. The summed E-state index contributed by atoms with van der Waals surface area (Å²) >= 11 is 0. The molecule has 0 aromatic rings. The molecule has 92 valence electrons. The monoisotopic (exact) mass is 216 g/mol. The van der Waals surface area contributed by atoms with E-state index in [1.807, 2.05) is 0 Å². The normalized spacial score (nSPS) is 14.0. The van der Waals surface area contributed by atoms with Crippen LogP contribution in [0.5, 0.6) is 0 Å². The summed E-state index contributed by atoms with van der Waals surface area (Å²) < 4.78 is 11.5. The molecule has 0 aliphatic carbocycles. The van der Waals surface area contributed by atoms with Crippen LogP contribution in [-0.4, -0.2) is 18.0 Å². The Hall–Kier alpha value is -0.0800. The van der Waals surface area contributed by atoms with Gasteiger partial charge in [-0.15, -0.1) is 0 Å². The lowest BCUT2D eigenvalue weighted by atomic mass is 9.94. The molecule has 0 aliphatic rings. The van der Waals surface area contributed by atoms with Gasteiger partial charge in [0.25, 0.3) is 0 Å². The molecule has 0 saturated heterocycles. The average molecular weight is 216 g/mol. The first-order chi connectivity index (χ1) is 6.59. The largest absolute Gasteiger partial charge is 0.349 e. The van der Waals surface area contributed by atoms with Gasteiger partial charge in [0.05, 0.1) is 11.2 Å². The van der Waals surface area contributed by atoms with Gasteiger partial charge in [0, 0.05) is 0 Å². The maximum absolute atomic E-state index is 5.75. The van der Waals surface area contributed by atoms with Gasteiger partial charge in [-0.1, -0.05) is 27.7 Å². The van der Waals surface area contributed by atoms with Crippen LogP contribution >= 0.6 is 0 Å². The summed E-state index contributed by atoms with van der Waals surface area (Å²) in [5.41, 5.74) is -0.236. The van der Waals surface area contributed by atoms with E-state index in [1.54, 1.807) is 0 Å². The summed E-state index contributed by atoms with van der Waals surface area (Å²) in [6.07, 6.45) is 0. The zero-order chi connectivity index (χ0) is 12.3. The van der Waals surface area contributed by atoms with Crippen LogP contribution in [0.3, 0.4) is 0 Å². The minimum absolute atomic E-state index is 0.118. The second kappa shape index (κ2) is 5.31. The van der Waals surface area contributed by atoms with Gasteiger partial charge in [0.2, 0.25) is 0 Å². The van der Waals surface area contributed by atoms with E-state index in [0.29, 0.717) is 18.6 Å². The van der Waals surface area contributed by atoms with E-state index in [0.717, 1.165) is 0 Å². The maximum atomic E-state index is 5.75. The molecule has 0 rings (SSSR count). The van der Waals surface area contributed by atoms with Crippen molar-refractivity contribution in [2.45, 2.75) is 66.6 Å². The van der Waals surface area contributed by atoms with Crippen LogP contribution < -0.4 is 0 Å². The first-order valence-corrected chi connectivity index (χ1v) is 5.87. The number of hydrogen-bond donors (Lipinski definition) is 0. The Morgan fingerprint density at radius 1 is 0.733 bits per heavy atom. The van der Waals surface area contributed by atoms with E-state index in [-0.39, 0.29) is 11.2 Å². The predicted octanol–water partition coefficient (Wildman–Crippen LogP) is 3.85. The average Bonchev–Trinajstić information content (AvgIpc) is 2.02. The summed E-state index contributed by atoms with van der Waals surface area (Å²) in [5, 5.41) is 0. The van der Waals surface area contributed by atoms with E-state index in [4.69, 9.17) is 9.47 Å². The summed E-state index contributed by atoms with van der Waals surface area (Å²) in [7, 11) is 0. The predicted molar refractivity (Wildman–Crippen MR) is 64.9 cm³/mol. The zero-order valence-electron chi connectivity index (χ0n) is 11.7. The highest BCUT2D eigenvalue weighted by molar-refractivity contribution is 4.74. The van der Waals surface area contributed by atoms with Crippen molar-refractivity contribution in [2.75, 3.05) is 6.79 Å². The highest BCUT2D eigenvalue weighted by Crippen LogP contribution is 2.24. The quantitative estimate of drug-likeness (QED) is 0.628. The van der Waals surface area contributed by atoms with Crippen molar-refractivity contribution >= 4 is 0 Å². The molecule has 0 fully saturated rings. The first-order valence-electron chi connectivity index (χ1n) is 5.87. The lowest BCUT2D eigenvalue weighted by molar-refractivity contribution is -0.195. The van der Waals surface area contributed by atoms with E-state index >= 15 is 0 Å². The number of hydrogen-bond acceptors (Lipinski definition) is 2. The molecule has 15 heavy (non-hydrogen) atoms. The van der Waals surface area contributed by atoms with E-state index in [2.05, 4.69) is 55.4 Å². The van der Waals surface area contributed by atoms with Gasteiger partial charge < -0.3 is 9.47 Å². The van der Waals surface area contributed by atoms with Crippen molar-refractivity contribution in [3.63, 3.8) is 0 Å². The summed E-state index contributed by atoms with van der Waals surface area (Å²) in [6, 6.07) is 0. The fourth-order valence-corrected chi connectivity index (χ4v) is 0.667. The highest BCUT2D eigenvalue weighted by atomic mass is 16.7. The van der Waals surface area contributed by atoms with Crippen LogP contribution in [0.4, 0.5) is 0 Å². The van der Waals surface area contributed by atoms with Crippen molar-refractivity contribution in [1.82, 2.24) is 0 Å². The molecule has 0 spiro atoms. The van der Waals surface area contributed by atoms with Gasteiger partial charge in [-0.05, 0) is 39.5 Å². The fourth-order valence-electron chi connectivity index (χ4n) is 0.667. The molecular weight excluding hydrogens is 188 g/mol. The molecule has 0 aromatic heterocycles. The molecular formula is C13H28O2. The van der Waals surface area contributed by atoms with Gasteiger partial charge in [-0.2, -0.15) is 0 Å². The molecule has 0 amide bonds. The van der Waals surface area contributed by atoms with Crippen molar-refractivity contribution < 1.29 is 9.47 Å². The minimum atomic E-state index is -0.118. The smallest absolute Gasteiger partial charge is 0.148 e. The SMILES string of the molecule is CC(C)C(C)(C)OCOC(C)(C)C(C)C. The third kappa shape index (κ3) is 4.98. The topological polar surface area (TPSA) is 18.5 Å². The zero-order valence-corrected chi connectivity index (χ0v) is 11.7. The first kappa shape index (κ1) is 14.9. The van der Waals surface area contributed by atoms with Crippen molar-refractivity contribution in [3.8, 4) is 0 Å². The van der Waals surface area contributed by atoms with Crippen LogP contribution in [0.2, 0.25) is 0 Å². The van der Waals surface area contributed by atoms with Gasteiger partial charge in [-0.25, -0.2) is 0 Å². The van der Waals surface area contributed by atoms with Gasteiger partial charge >= 0.3 is 0 Å². The highest BCUT2D eigenvalue weighted by Gasteiger charge is 2.26. The second-order valence-electron chi connectivity index (χ2n) is 5.92. The minimum Gasteiger partial charge on any atom is -0.349 e. The molecule has 2 heteroatoms. The lowest BCUT2D eigenvalue weighted by Gasteiger charge is -2.34. The summed E-state index contributed by atoms with van der Waals surface area (Å²) in [5.74, 6) is 0.978. The van der Waals surface area contributed by atoms with Crippen LogP contribution in [-0.2, 0) is 9.47 Å².